The molecule has 12 heavy (non-hydrogen) atoms. The second kappa shape index (κ2) is 2.47. The molecule has 0 saturated heterocycles. The van der Waals surface area contributed by atoms with Crippen molar-refractivity contribution in [3.63, 3.8) is 0 Å². The highest BCUT2D eigenvalue weighted by atomic mass is 19.1. The van der Waals surface area contributed by atoms with Gasteiger partial charge in [0.25, 0.3) is 0 Å². The highest BCUT2D eigenvalue weighted by Crippen LogP contribution is 2.36. The minimum absolute atomic E-state index is 1.68. The van der Waals surface area contributed by atoms with Crippen molar-refractivity contribution < 1.29 is 28.5 Å². The lowest BCUT2D eigenvalue weighted by molar-refractivity contribution is -0.277. The first-order chi connectivity index (χ1) is 5.46. The molecule has 0 spiro atoms. The molecule has 0 aliphatic rings. The molecule has 1 aromatic rings. The summed E-state index contributed by atoms with van der Waals surface area (Å²) in [6.07, 6.45) is 0. The molecule has 0 bridgehead atoms. The summed E-state index contributed by atoms with van der Waals surface area (Å²) in [5, 5.41) is 27.2. The van der Waals surface area contributed by atoms with Crippen molar-refractivity contribution in [2.45, 2.75) is 0 Å². The molecule has 3 nitrogen and oxygen atoms in total. The summed E-state index contributed by atoms with van der Waals surface area (Å²) in [4.78, 5) is 0. The Kier molecular flexibility index (Phi) is 1.75. The van der Waals surface area contributed by atoms with E-state index in [0.717, 1.165) is 0 Å². The van der Waals surface area contributed by atoms with E-state index in [-0.39, 0.29) is 0 Å². The summed E-state index contributed by atoms with van der Waals surface area (Å²) in [5.41, 5.74) is 0. The third-order valence-electron chi connectivity index (χ3n) is 1.23. The first-order valence-corrected chi connectivity index (χ1v) is 2.72. The van der Waals surface area contributed by atoms with Gasteiger partial charge in [-0.3, -0.25) is 0 Å². The lowest BCUT2D eigenvalue weighted by Gasteiger charge is -2.11. The van der Waals surface area contributed by atoms with Gasteiger partial charge in [-0.15, -0.1) is 0 Å². The van der Waals surface area contributed by atoms with Crippen molar-refractivity contribution in [1.29, 1.82) is 0 Å². The molecule has 0 heterocycles. The standard InChI is InChI=1S/C6H3F3O3/c7-1-4(10)2(8)6(12)3(9)5(1)11/h10-12H/p-1. The Balaban J connectivity index is 3.60. The van der Waals surface area contributed by atoms with Crippen LogP contribution in [0.1, 0.15) is 0 Å². The Bertz CT molecular complexity index is 232. The van der Waals surface area contributed by atoms with Crippen molar-refractivity contribution in [2.75, 3.05) is 0 Å². The fraction of sp³-hybridized carbons (Fsp3) is 0. The van der Waals surface area contributed by atoms with Crippen LogP contribution in [0.2, 0.25) is 0 Å². The number of rotatable bonds is 0. The number of hydrogen-bond donors (Lipinski definition) is 2. The summed E-state index contributed by atoms with van der Waals surface area (Å²) in [5.74, 6) is -11.0. The van der Waals surface area contributed by atoms with Crippen molar-refractivity contribution in [3.05, 3.63) is 17.5 Å². The molecule has 0 aliphatic carbocycles. The Morgan fingerprint density at radius 2 is 1.17 bits per heavy atom. The summed E-state index contributed by atoms with van der Waals surface area (Å²) in [6, 6.07) is 0. The fourth-order valence-corrected chi connectivity index (χ4v) is 0.616. The van der Waals surface area contributed by atoms with Gasteiger partial charge in [-0.25, -0.2) is 8.78 Å². The van der Waals surface area contributed by atoms with Gasteiger partial charge in [0.2, 0.25) is 5.82 Å². The topological polar surface area (TPSA) is 63.5 Å². The van der Waals surface area contributed by atoms with Gasteiger partial charge in [-0.1, -0.05) is 0 Å². The lowest BCUT2D eigenvalue weighted by atomic mass is 10.2. The normalized spacial score (nSPS) is 10.2. The van der Waals surface area contributed by atoms with Crippen LogP contribution in [0.5, 0.6) is 17.2 Å². The quantitative estimate of drug-likeness (QED) is 0.612. The van der Waals surface area contributed by atoms with Gasteiger partial charge in [0.1, 0.15) is 0 Å². The maximum atomic E-state index is 12.3. The Morgan fingerprint density at radius 1 is 0.833 bits per heavy atom. The molecule has 1 rings (SSSR count). The number of phenolic OH excluding ortho intramolecular Hbond substituents is 2. The molecule has 0 aromatic heterocycles. The SMILES string of the molecule is [O-]c1c(F)c(O)c(F)c(O)c1F. The van der Waals surface area contributed by atoms with Crippen LogP contribution in [-0.4, -0.2) is 10.2 Å². The van der Waals surface area contributed by atoms with Gasteiger partial charge >= 0.3 is 0 Å². The molecule has 0 amide bonds. The second-order valence-corrected chi connectivity index (χ2v) is 1.97. The van der Waals surface area contributed by atoms with Crippen LogP contribution in [0.3, 0.4) is 0 Å². The lowest BCUT2D eigenvalue weighted by Crippen LogP contribution is -2.01. The highest BCUT2D eigenvalue weighted by Gasteiger charge is 2.19. The molecule has 0 saturated carbocycles. The van der Waals surface area contributed by atoms with Crippen LogP contribution in [0.15, 0.2) is 0 Å². The van der Waals surface area contributed by atoms with Gasteiger partial charge in [0.15, 0.2) is 23.1 Å². The molecule has 0 aliphatic heterocycles. The molecule has 1 aromatic carbocycles. The zero-order valence-electron chi connectivity index (χ0n) is 5.44. The van der Waals surface area contributed by atoms with E-state index in [4.69, 9.17) is 10.2 Å². The van der Waals surface area contributed by atoms with E-state index in [1.54, 1.807) is 0 Å². The third-order valence-corrected chi connectivity index (χ3v) is 1.23. The Morgan fingerprint density at radius 3 is 1.50 bits per heavy atom. The summed E-state index contributed by atoms with van der Waals surface area (Å²) in [7, 11) is 0. The molecule has 0 fully saturated rings. The number of halogens is 3. The second-order valence-electron chi connectivity index (χ2n) is 1.97. The van der Waals surface area contributed by atoms with E-state index in [0.29, 0.717) is 0 Å². The predicted octanol–water partition coefficient (Wildman–Crippen LogP) is 0.589. The molecule has 6 heteroatoms. The van der Waals surface area contributed by atoms with Gasteiger partial charge in [-0.2, -0.15) is 4.39 Å². The van der Waals surface area contributed by atoms with Crippen molar-refractivity contribution in [2.24, 2.45) is 0 Å². The third kappa shape index (κ3) is 0.919. The minimum atomic E-state index is -1.96. The first-order valence-electron chi connectivity index (χ1n) is 2.72. The molecule has 0 radical (unpaired) electrons. The zero-order chi connectivity index (χ0) is 9.46. The average Bonchev–Trinajstić information content (AvgIpc) is 2.08. The van der Waals surface area contributed by atoms with E-state index in [1.165, 1.54) is 0 Å². The molecule has 0 unspecified atom stereocenters. The maximum absolute atomic E-state index is 12.3. The van der Waals surface area contributed by atoms with Crippen molar-refractivity contribution in [1.82, 2.24) is 0 Å². The number of aromatic hydroxyl groups is 2. The van der Waals surface area contributed by atoms with Crippen molar-refractivity contribution >= 4 is 0 Å². The highest BCUT2D eigenvalue weighted by molar-refractivity contribution is 5.44. The van der Waals surface area contributed by atoms with Gasteiger partial charge < -0.3 is 15.3 Å². The number of hydrogen-bond acceptors (Lipinski definition) is 3. The van der Waals surface area contributed by atoms with Crippen LogP contribution < -0.4 is 5.11 Å². The van der Waals surface area contributed by atoms with E-state index >= 15 is 0 Å². The fourth-order valence-electron chi connectivity index (χ4n) is 0.616. The molecular formula is C6H2F3O3-. The summed E-state index contributed by atoms with van der Waals surface area (Å²) < 4.78 is 36.9. The molecule has 0 atom stereocenters. The van der Waals surface area contributed by atoms with Gasteiger partial charge in [0, 0.05) is 0 Å². The summed E-state index contributed by atoms with van der Waals surface area (Å²) in [6.45, 7) is 0. The zero-order valence-corrected chi connectivity index (χ0v) is 5.44. The van der Waals surface area contributed by atoms with E-state index < -0.39 is 34.7 Å². The number of phenols is 2. The van der Waals surface area contributed by atoms with E-state index in [1.807, 2.05) is 0 Å². The van der Waals surface area contributed by atoms with Crippen LogP contribution in [0.4, 0.5) is 13.2 Å². The van der Waals surface area contributed by atoms with E-state index in [9.17, 15) is 18.3 Å². The monoisotopic (exact) mass is 179 g/mol. The Hall–Kier alpha value is -1.59. The van der Waals surface area contributed by atoms with Gasteiger partial charge in [-0.05, 0) is 5.75 Å². The van der Waals surface area contributed by atoms with Crippen LogP contribution >= 0.6 is 0 Å². The van der Waals surface area contributed by atoms with Crippen LogP contribution in [-0.2, 0) is 0 Å². The summed E-state index contributed by atoms with van der Waals surface area (Å²) >= 11 is 0. The molecule has 2 N–H and O–H groups in total. The first kappa shape index (κ1) is 8.51. The minimum Gasteiger partial charge on any atom is -0.868 e. The number of benzene rings is 1. The van der Waals surface area contributed by atoms with Crippen LogP contribution in [0.25, 0.3) is 0 Å². The van der Waals surface area contributed by atoms with Crippen LogP contribution in [0, 0.1) is 17.5 Å². The smallest absolute Gasteiger partial charge is 0.212 e. The molecular weight excluding hydrogens is 177 g/mol. The maximum Gasteiger partial charge on any atom is 0.212 e. The average molecular weight is 179 g/mol. The van der Waals surface area contributed by atoms with Crippen molar-refractivity contribution in [3.8, 4) is 17.2 Å². The van der Waals surface area contributed by atoms with Gasteiger partial charge in [0.05, 0.1) is 0 Å². The predicted molar refractivity (Wildman–Crippen MR) is 29.1 cm³/mol. The van der Waals surface area contributed by atoms with E-state index in [2.05, 4.69) is 0 Å². The molecule has 66 valence electrons. The largest absolute Gasteiger partial charge is 0.868 e. The Labute approximate surface area is 64.3 Å².